The van der Waals surface area contributed by atoms with Crippen molar-refractivity contribution in [2.24, 2.45) is 0 Å². The topological polar surface area (TPSA) is 94.9 Å². The fourth-order valence-electron chi connectivity index (χ4n) is 5.65. The molecule has 0 saturated heterocycles. The first-order valence-corrected chi connectivity index (χ1v) is 15.7. The van der Waals surface area contributed by atoms with Gasteiger partial charge in [-0.25, -0.2) is 0 Å². The van der Waals surface area contributed by atoms with Gasteiger partial charge >= 0.3 is 11.9 Å². The fraction of sp³-hybridized carbons (Fsp3) is 0.447. The largest absolute Gasteiger partial charge is 0.465 e. The number of hydrogen-bond donors (Lipinski definition) is 0. The SMILES string of the molecule is CCOC(C)Oc1ccc(C(C(C)c2ccc(OC(C)=O)cc2)C(C)c2ccc(C(C#N)CCC(=O)OC(C)(C)C)cc2)cc1. The van der Waals surface area contributed by atoms with Gasteiger partial charge in [0.15, 0.2) is 6.29 Å². The minimum absolute atomic E-state index is 0.0905. The number of benzene rings is 3. The van der Waals surface area contributed by atoms with Gasteiger partial charge in [-0.15, -0.1) is 0 Å². The zero-order valence-corrected chi connectivity index (χ0v) is 27.8. The maximum Gasteiger partial charge on any atom is 0.308 e. The third kappa shape index (κ3) is 10.8. The van der Waals surface area contributed by atoms with Crippen molar-refractivity contribution in [1.29, 1.82) is 5.26 Å². The summed E-state index contributed by atoms with van der Waals surface area (Å²) in [6.45, 7) is 15.7. The Hall–Kier alpha value is -4.15. The summed E-state index contributed by atoms with van der Waals surface area (Å²) in [5, 5.41) is 9.87. The maximum absolute atomic E-state index is 12.2. The lowest BCUT2D eigenvalue weighted by molar-refractivity contribution is -0.155. The Bertz CT molecular complexity index is 1420. The van der Waals surface area contributed by atoms with Crippen molar-refractivity contribution in [3.63, 3.8) is 0 Å². The van der Waals surface area contributed by atoms with Crippen LogP contribution in [-0.2, 0) is 19.1 Å². The minimum Gasteiger partial charge on any atom is -0.465 e. The van der Waals surface area contributed by atoms with Gasteiger partial charge in [0.2, 0.25) is 0 Å². The number of ether oxygens (including phenoxy) is 4. The molecule has 5 unspecified atom stereocenters. The molecule has 0 aliphatic carbocycles. The van der Waals surface area contributed by atoms with E-state index in [9.17, 15) is 14.9 Å². The lowest BCUT2D eigenvalue weighted by Gasteiger charge is -2.31. The van der Waals surface area contributed by atoms with Gasteiger partial charge in [0.05, 0.1) is 12.0 Å². The van der Waals surface area contributed by atoms with Gasteiger partial charge in [-0.1, -0.05) is 62.4 Å². The first-order chi connectivity index (χ1) is 21.3. The Morgan fingerprint density at radius 1 is 0.778 bits per heavy atom. The summed E-state index contributed by atoms with van der Waals surface area (Å²) < 4.78 is 22.1. The second-order valence-electron chi connectivity index (χ2n) is 12.4. The molecule has 3 aromatic rings. The lowest BCUT2D eigenvalue weighted by atomic mass is 9.73. The highest BCUT2D eigenvalue weighted by atomic mass is 16.7. The summed E-state index contributed by atoms with van der Waals surface area (Å²) in [6, 6.07) is 26.4. The molecule has 0 spiro atoms. The molecule has 0 aliphatic rings. The van der Waals surface area contributed by atoms with Crippen molar-refractivity contribution in [2.45, 2.75) is 104 Å². The summed E-state index contributed by atoms with van der Waals surface area (Å²) >= 11 is 0. The van der Waals surface area contributed by atoms with Gasteiger partial charge in [0.1, 0.15) is 17.1 Å². The van der Waals surface area contributed by atoms with E-state index in [2.05, 4.69) is 44.2 Å². The Labute approximate surface area is 268 Å². The third-order valence-electron chi connectivity index (χ3n) is 7.79. The summed E-state index contributed by atoms with van der Waals surface area (Å²) in [5.74, 6) is 0.515. The number of carbonyl (C=O) groups is 2. The van der Waals surface area contributed by atoms with Crippen LogP contribution in [0.15, 0.2) is 72.8 Å². The number of nitrogens with zero attached hydrogens (tertiary/aromatic N) is 1. The first-order valence-electron chi connectivity index (χ1n) is 15.7. The molecule has 0 fully saturated rings. The highest BCUT2D eigenvalue weighted by Crippen LogP contribution is 2.44. The fourth-order valence-corrected chi connectivity index (χ4v) is 5.65. The molecule has 3 rings (SSSR count). The van der Waals surface area contributed by atoms with E-state index in [0.29, 0.717) is 18.8 Å². The van der Waals surface area contributed by atoms with Crippen molar-refractivity contribution >= 4 is 11.9 Å². The Kier molecular flexibility index (Phi) is 12.8. The van der Waals surface area contributed by atoms with Crippen LogP contribution in [0.2, 0.25) is 0 Å². The van der Waals surface area contributed by atoms with Crippen molar-refractivity contribution in [2.75, 3.05) is 6.61 Å². The van der Waals surface area contributed by atoms with E-state index in [0.717, 1.165) is 28.0 Å². The number of carbonyl (C=O) groups excluding carboxylic acids is 2. The molecule has 0 aliphatic heterocycles. The van der Waals surface area contributed by atoms with E-state index < -0.39 is 11.5 Å². The molecule has 0 amide bonds. The van der Waals surface area contributed by atoms with Gasteiger partial charge < -0.3 is 18.9 Å². The predicted octanol–water partition coefficient (Wildman–Crippen LogP) is 8.79. The molecule has 0 radical (unpaired) electrons. The van der Waals surface area contributed by atoms with Crippen LogP contribution in [0.1, 0.15) is 114 Å². The van der Waals surface area contributed by atoms with Crippen LogP contribution in [0.5, 0.6) is 11.5 Å². The molecule has 0 N–H and O–H groups in total. The summed E-state index contributed by atoms with van der Waals surface area (Å²) in [5.41, 5.74) is 3.75. The average molecular weight is 614 g/mol. The van der Waals surface area contributed by atoms with E-state index >= 15 is 0 Å². The third-order valence-corrected chi connectivity index (χ3v) is 7.79. The normalized spacial score (nSPS) is 14.7. The Morgan fingerprint density at radius 3 is 1.76 bits per heavy atom. The van der Waals surface area contributed by atoms with Crippen LogP contribution in [0.25, 0.3) is 0 Å². The molecule has 0 aromatic heterocycles. The summed E-state index contributed by atoms with van der Waals surface area (Å²) in [4.78, 5) is 23.7. The van der Waals surface area contributed by atoms with E-state index in [4.69, 9.17) is 18.9 Å². The molecule has 0 bridgehead atoms. The van der Waals surface area contributed by atoms with Crippen LogP contribution in [0.3, 0.4) is 0 Å². The molecule has 7 heteroatoms. The van der Waals surface area contributed by atoms with E-state index in [1.807, 2.05) is 83.1 Å². The highest BCUT2D eigenvalue weighted by Gasteiger charge is 2.28. The van der Waals surface area contributed by atoms with Crippen molar-refractivity contribution in [3.05, 3.63) is 95.1 Å². The number of nitriles is 1. The number of esters is 2. The second kappa shape index (κ2) is 16.2. The first kappa shape index (κ1) is 35.3. The van der Waals surface area contributed by atoms with Gasteiger partial charge in [0.25, 0.3) is 0 Å². The van der Waals surface area contributed by atoms with E-state index in [1.54, 1.807) is 0 Å². The quantitative estimate of drug-likeness (QED) is 0.102. The number of hydrogen-bond acceptors (Lipinski definition) is 7. The smallest absolute Gasteiger partial charge is 0.308 e. The van der Waals surface area contributed by atoms with Gasteiger partial charge in [0, 0.05) is 20.0 Å². The van der Waals surface area contributed by atoms with E-state index in [-0.39, 0.29) is 42.4 Å². The zero-order chi connectivity index (χ0) is 33.1. The van der Waals surface area contributed by atoms with Crippen LogP contribution in [0, 0.1) is 11.3 Å². The minimum atomic E-state index is -0.551. The van der Waals surface area contributed by atoms with Crippen molar-refractivity contribution in [3.8, 4) is 17.6 Å². The molecule has 5 atom stereocenters. The molecular weight excluding hydrogens is 566 g/mol. The van der Waals surface area contributed by atoms with Gasteiger partial charge in [-0.05, 0) is 105 Å². The molecule has 3 aromatic carbocycles. The predicted molar refractivity (Wildman–Crippen MR) is 175 cm³/mol. The summed E-state index contributed by atoms with van der Waals surface area (Å²) in [6.07, 6.45) is 0.247. The molecular formula is C38H47NO6. The van der Waals surface area contributed by atoms with Crippen LogP contribution < -0.4 is 9.47 Å². The average Bonchev–Trinajstić information content (AvgIpc) is 2.98. The van der Waals surface area contributed by atoms with Gasteiger partial charge in [-0.3, -0.25) is 9.59 Å². The maximum atomic E-state index is 12.2. The molecule has 240 valence electrons. The second-order valence-corrected chi connectivity index (χ2v) is 12.4. The van der Waals surface area contributed by atoms with Gasteiger partial charge in [-0.2, -0.15) is 5.26 Å². The highest BCUT2D eigenvalue weighted by molar-refractivity contribution is 5.70. The lowest BCUT2D eigenvalue weighted by Crippen LogP contribution is -2.23. The van der Waals surface area contributed by atoms with Crippen molar-refractivity contribution in [1.82, 2.24) is 0 Å². The van der Waals surface area contributed by atoms with Crippen LogP contribution in [0.4, 0.5) is 0 Å². The van der Waals surface area contributed by atoms with Crippen LogP contribution >= 0.6 is 0 Å². The monoisotopic (exact) mass is 613 g/mol. The summed E-state index contributed by atoms with van der Waals surface area (Å²) in [7, 11) is 0. The zero-order valence-electron chi connectivity index (χ0n) is 27.8. The van der Waals surface area contributed by atoms with Crippen LogP contribution in [-0.4, -0.2) is 30.4 Å². The Balaban J connectivity index is 1.87. The van der Waals surface area contributed by atoms with Crippen molar-refractivity contribution < 1.29 is 28.5 Å². The molecule has 45 heavy (non-hydrogen) atoms. The molecule has 0 heterocycles. The molecule has 7 nitrogen and oxygen atoms in total. The standard InChI is InChI=1S/C38H47NO6/c1-9-42-28(5)44-35-21-16-32(17-22-35)37(26(3)30-14-19-34(20-15-30)43-27(4)40)25(2)29-10-12-31(13-11-29)33(24-39)18-23-36(41)45-38(6,7)8/h10-17,19-22,25-26,28,33,37H,9,18,23H2,1-8H3. The molecule has 0 saturated carbocycles. The number of rotatable bonds is 14. The van der Waals surface area contributed by atoms with E-state index in [1.165, 1.54) is 6.92 Å². The Morgan fingerprint density at radius 2 is 1.27 bits per heavy atom.